The zero-order chi connectivity index (χ0) is 22.7. The number of aryl methyl sites for hydroxylation is 2. The van der Waals surface area contributed by atoms with E-state index in [4.69, 9.17) is 4.42 Å². The van der Waals surface area contributed by atoms with Gasteiger partial charge in [-0.2, -0.15) is 10.2 Å². The predicted molar refractivity (Wildman–Crippen MR) is 112 cm³/mol. The Labute approximate surface area is 185 Å². The summed E-state index contributed by atoms with van der Waals surface area (Å²) in [5.74, 6) is -0.785. The van der Waals surface area contributed by atoms with Gasteiger partial charge in [0.15, 0.2) is 0 Å². The second kappa shape index (κ2) is 7.08. The fourth-order valence-electron chi connectivity index (χ4n) is 4.28. The molecule has 1 atom stereocenters. The Kier molecular flexibility index (Phi) is 4.15. The number of aromatic amines is 1. The minimum absolute atomic E-state index is 0.146. The molecule has 1 N–H and O–H groups in total. The van der Waals surface area contributed by atoms with Crippen LogP contribution in [0.1, 0.15) is 39.5 Å². The number of hydrogen-bond acceptors (Lipinski definition) is 7. The highest BCUT2D eigenvalue weighted by molar-refractivity contribution is 5.90. The lowest BCUT2D eigenvalue weighted by atomic mass is 9.99. The Morgan fingerprint density at radius 1 is 1.30 bits per heavy atom. The number of fused-ring (bicyclic) bond motifs is 2. The third-order valence-electron chi connectivity index (χ3n) is 5.79. The average molecular weight is 447 g/mol. The summed E-state index contributed by atoms with van der Waals surface area (Å²) in [6, 6.07) is 3.93. The molecule has 33 heavy (non-hydrogen) atoms. The van der Waals surface area contributed by atoms with Crippen molar-refractivity contribution in [1.82, 2.24) is 44.5 Å². The molecule has 0 fully saturated rings. The maximum absolute atomic E-state index is 14.3. The molecule has 1 unspecified atom stereocenters. The van der Waals surface area contributed by atoms with E-state index in [0.717, 1.165) is 5.69 Å². The highest BCUT2D eigenvalue weighted by atomic mass is 19.1. The topological polar surface area (TPSA) is 123 Å². The molecule has 0 spiro atoms. The summed E-state index contributed by atoms with van der Waals surface area (Å²) in [4.78, 5) is 22.6. The molecule has 166 valence electrons. The fraction of sp³-hybridized carbons (Fsp3) is 0.238. The molecule has 0 saturated heterocycles. The van der Waals surface area contributed by atoms with E-state index in [2.05, 4.69) is 30.4 Å². The van der Waals surface area contributed by atoms with Gasteiger partial charge >= 0.3 is 11.8 Å². The van der Waals surface area contributed by atoms with Gasteiger partial charge in [0.25, 0.3) is 5.89 Å². The van der Waals surface area contributed by atoms with Crippen LogP contribution in [-0.2, 0) is 13.5 Å². The van der Waals surface area contributed by atoms with Crippen molar-refractivity contribution in [2.45, 2.75) is 19.4 Å². The van der Waals surface area contributed by atoms with Crippen molar-refractivity contribution in [3.63, 3.8) is 0 Å². The number of hydrogen-bond donors (Lipinski definition) is 1. The van der Waals surface area contributed by atoms with Crippen LogP contribution in [0.25, 0.3) is 17.0 Å². The molecule has 12 heteroatoms. The summed E-state index contributed by atoms with van der Waals surface area (Å²) >= 11 is 0. The summed E-state index contributed by atoms with van der Waals surface area (Å²) in [6.45, 7) is 2.20. The molecule has 5 aromatic heterocycles. The minimum atomic E-state index is -0.637. The lowest BCUT2D eigenvalue weighted by Gasteiger charge is -2.32. The monoisotopic (exact) mass is 447 g/mol. The summed E-state index contributed by atoms with van der Waals surface area (Å²) in [5.41, 5.74) is 3.73. The van der Waals surface area contributed by atoms with Crippen LogP contribution in [0.15, 0.2) is 41.3 Å². The summed E-state index contributed by atoms with van der Waals surface area (Å²) in [5, 5.41) is 16.8. The summed E-state index contributed by atoms with van der Waals surface area (Å²) < 4.78 is 23.1. The highest BCUT2D eigenvalue weighted by Crippen LogP contribution is 2.34. The third-order valence-corrected chi connectivity index (χ3v) is 5.79. The molecular weight excluding hydrogens is 429 g/mol. The molecule has 0 saturated carbocycles. The number of carbonyl (C=O) groups is 1. The van der Waals surface area contributed by atoms with Gasteiger partial charge in [-0.25, -0.2) is 13.9 Å². The van der Waals surface area contributed by atoms with Crippen molar-refractivity contribution in [2.75, 3.05) is 6.54 Å². The Morgan fingerprint density at radius 2 is 2.18 bits per heavy atom. The van der Waals surface area contributed by atoms with Crippen LogP contribution in [0.5, 0.6) is 0 Å². The number of nitrogens with zero attached hydrogens (tertiary/aromatic N) is 8. The molecule has 0 aromatic carbocycles. The first-order chi connectivity index (χ1) is 16.0. The van der Waals surface area contributed by atoms with Crippen molar-refractivity contribution in [3.05, 3.63) is 71.4 Å². The lowest BCUT2D eigenvalue weighted by molar-refractivity contribution is 0.0646. The number of imidazole rings is 1. The molecule has 1 aliphatic rings. The first-order valence-corrected chi connectivity index (χ1v) is 10.3. The summed E-state index contributed by atoms with van der Waals surface area (Å²) in [7, 11) is 1.79. The quantitative estimate of drug-likeness (QED) is 0.449. The van der Waals surface area contributed by atoms with E-state index in [1.165, 1.54) is 10.6 Å². The minimum Gasteiger partial charge on any atom is -0.412 e. The first kappa shape index (κ1) is 19.3. The molecule has 6 rings (SSSR count). The van der Waals surface area contributed by atoms with Crippen molar-refractivity contribution in [3.8, 4) is 11.5 Å². The largest absolute Gasteiger partial charge is 0.412 e. The van der Waals surface area contributed by atoms with Crippen molar-refractivity contribution in [1.29, 1.82) is 0 Å². The SMILES string of the molecule is Cc1nn(C)cc1-c1nnc(C(=O)N2CCc3[nH]cnc3C2c2cc3c(F)cccn3n2)o1. The molecular formula is C21H18FN9O2. The smallest absolute Gasteiger partial charge is 0.312 e. The number of H-pyrrole nitrogens is 1. The van der Waals surface area contributed by atoms with Crippen LogP contribution in [-0.4, -0.2) is 56.9 Å². The average Bonchev–Trinajstić information content (AvgIpc) is 3.58. The number of nitrogens with one attached hydrogen (secondary N) is 1. The van der Waals surface area contributed by atoms with Crippen LogP contribution < -0.4 is 0 Å². The highest BCUT2D eigenvalue weighted by Gasteiger charge is 2.38. The van der Waals surface area contributed by atoms with Crippen LogP contribution in [0.4, 0.5) is 4.39 Å². The van der Waals surface area contributed by atoms with Gasteiger partial charge in [-0.3, -0.25) is 9.48 Å². The van der Waals surface area contributed by atoms with E-state index in [1.807, 2.05) is 6.92 Å². The number of aromatic nitrogens is 8. The lowest BCUT2D eigenvalue weighted by Crippen LogP contribution is -2.41. The molecule has 0 radical (unpaired) electrons. The van der Waals surface area contributed by atoms with Gasteiger partial charge in [0.1, 0.15) is 17.4 Å². The van der Waals surface area contributed by atoms with Crippen LogP contribution in [0.2, 0.25) is 0 Å². The second-order valence-electron chi connectivity index (χ2n) is 7.89. The molecule has 0 aliphatic carbocycles. The van der Waals surface area contributed by atoms with Crippen LogP contribution in [0.3, 0.4) is 0 Å². The number of amides is 1. The van der Waals surface area contributed by atoms with Gasteiger partial charge in [0.2, 0.25) is 0 Å². The first-order valence-electron chi connectivity index (χ1n) is 10.3. The molecule has 1 aliphatic heterocycles. The molecule has 1 amide bonds. The molecule has 6 heterocycles. The second-order valence-corrected chi connectivity index (χ2v) is 7.89. The normalized spacial score (nSPS) is 15.8. The van der Waals surface area contributed by atoms with E-state index in [1.54, 1.807) is 47.5 Å². The molecule has 5 aromatic rings. The van der Waals surface area contributed by atoms with E-state index in [9.17, 15) is 9.18 Å². The van der Waals surface area contributed by atoms with Crippen molar-refractivity contribution < 1.29 is 13.6 Å². The number of rotatable bonds is 3. The van der Waals surface area contributed by atoms with E-state index in [-0.39, 0.29) is 11.8 Å². The fourth-order valence-corrected chi connectivity index (χ4v) is 4.28. The van der Waals surface area contributed by atoms with E-state index in [0.29, 0.717) is 41.1 Å². The van der Waals surface area contributed by atoms with Gasteiger partial charge in [-0.1, -0.05) is 0 Å². The van der Waals surface area contributed by atoms with Gasteiger partial charge in [0.05, 0.1) is 29.0 Å². The van der Waals surface area contributed by atoms with E-state index >= 15 is 0 Å². The van der Waals surface area contributed by atoms with Crippen LogP contribution in [0, 0.1) is 12.7 Å². The Hall–Kier alpha value is -4.35. The number of pyridine rings is 1. The number of carbonyl (C=O) groups excluding carboxylic acids is 1. The third kappa shape index (κ3) is 3.02. The summed E-state index contributed by atoms with van der Waals surface area (Å²) in [6.07, 6.45) is 5.56. The molecule has 11 nitrogen and oxygen atoms in total. The Morgan fingerprint density at radius 3 is 2.97 bits per heavy atom. The maximum atomic E-state index is 14.3. The van der Waals surface area contributed by atoms with Gasteiger partial charge < -0.3 is 14.3 Å². The van der Waals surface area contributed by atoms with E-state index < -0.39 is 17.8 Å². The van der Waals surface area contributed by atoms with Gasteiger partial charge in [-0.15, -0.1) is 10.2 Å². The predicted octanol–water partition coefficient (Wildman–Crippen LogP) is 2.08. The zero-order valence-electron chi connectivity index (χ0n) is 17.7. The maximum Gasteiger partial charge on any atom is 0.312 e. The number of halogens is 1. The van der Waals surface area contributed by atoms with Crippen molar-refractivity contribution >= 4 is 11.4 Å². The molecule has 0 bridgehead atoms. The Bertz CT molecular complexity index is 1510. The van der Waals surface area contributed by atoms with Crippen LogP contribution >= 0.6 is 0 Å². The standard InChI is InChI=1S/C21H18FN9O2/c1-11-12(9-29(2)27-11)19-25-26-20(33-19)21(32)30-7-5-14-17(24-10-23-14)18(30)15-8-16-13(22)4-3-6-31(16)28-15/h3-4,6,8-10,18H,5,7H2,1-2H3,(H,23,24). The zero-order valence-corrected chi connectivity index (χ0v) is 17.7. The Balaban J connectivity index is 1.41. The van der Waals surface area contributed by atoms with Gasteiger partial charge in [-0.05, 0) is 25.1 Å². The van der Waals surface area contributed by atoms with Crippen molar-refractivity contribution in [2.24, 2.45) is 7.05 Å². The van der Waals surface area contributed by atoms with Gasteiger partial charge in [0, 0.05) is 38.1 Å².